The molecule has 8 heteroatoms. The molecule has 0 atom stereocenters. The minimum absolute atomic E-state index is 0.0480. The van der Waals surface area contributed by atoms with E-state index in [0.29, 0.717) is 41.2 Å². The number of nitrogens with one attached hydrogen (secondary N) is 2. The van der Waals surface area contributed by atoms with E-state index < -0.39 is 4.92 Å². The Morgan fingerprint density at radius 1 is 1.21 bits per heavy atom. The minimum Gasteiger partial charge on any atom is -0.381 e. The van der Waals surface area contributed by atoms with Crippen molar-refractivity contribution < 1.29 is 14.5 Å². The number of aromatic amines is 1. The molecular formula is C21H20ClN3O4. The number of nitro benzene ring substituents is 1. The van der Waals surface area contributed by atoms with Gasteiger partial charge in [-0.05, 0) is 36.6 Å². The molecule has 0 radical (unpaired) electrons. The lowest BCUT2D eigenvalue weighted by molar-refractivity contribution is -0.384. The smallest absolute Gasteiger partial charge is 0.270 e. The number of carbonyl (C=O) groups excluding carboxylic acids is 1. The van der Waals surface area contributed by atoms with Gasteiger partial charge in [-0.1, -0.05) is 23.7 Å². The first-order valence-electron chi connectivity index (χ1n) is 9.36. The third kappa shape index (κ3) is 3.83. The van der Waals surface area contributed by atoms with E-state index in [0.717, 1.165) is 18.4 Å². The van der Waals surface area contributed by atoms with E-state index in [1.54, 1.807) is 12.3 Å². The van der Waals surface area contributed by atoms with Crippen LogP contribution in [0.25, 0.3) is 10.9 Å². The number of rotatable bonds is 5. The molecule has 0 bridgehead atoms. The fourth-order valence-electron chi connectivity index (χ4n) is 3.89. The fourth-order valence-corrected chi connectivity index (χ4v) is 4.01. The highest BCUT2D eigenvalue weighted by atomic mass is 35.5. The van der Waals surface area contributed by atoms with Gasteiger partial charge in [0.1, 0.15) is 0 Å². The average molecular weight is 414 g/mol. The van der Waals surface area contributed by atoms with Crippen molar-refractivity contribution in [3.63, 3.8) is 0 Å². The summed E-state index contributed by atoms with van der Waals surface area (Å²) in [5, 5.41) is 15.3. The molecule has 2 heterocycles. The summed E-state index contributed by atoms with van der Waals surface area (Å²) in [5.41, 5.74) is 1.89. The van der Waals surface area contributed by atoms with E-state index in [1.807, 2.05) is 24.3 Å². The van der Waals surface area contributed by atoms with Crippen molar-refractivity contribution in [1.82, 2.24) is 10.3 Å². The summed E-state index contributed by atoms with van der Waals surface area (Å²) in [6.45, 7) is 1.69. The summed E-state index contributed by atoms with van der Waals surface area (Å²) >= 11 is 6.04. The van der Waals surface area contributed by atoms with Gasteiger partial charge in [-0.15, -0.1) is 0 Å². The standard InChI is InChI=1S/C21H20ClN3O4/c22-15-3-1-14(2-4-15)21(7-9-29-10-8-21)13-24-20(26)18-12-23-19-6-5-16(25(27)28)11-17(18)19/h1-6,11-12,23H,7-10,13H2,(H,24,26). The van der Waals surface area contributed by atoms with Gasteiger partial charge < -0.3 is 15.0 Å². The highest BCUT2D eigenvalue weighted by molar-refractivity contribution is 6.30. The van der Waals surface area contributed by atoms with Gasteiger partial charge in [0, 0.05) is 59.4 Å². The first-order valence-corrected chi connectivity index (χ1v) is 9.74. The van der Waals surface area contributed by atoms with Gasteiger partial charge in [-0.25, -0.2) is 0 Å². The van der Waals surface area contributed by atoms with Gasteiger partial charge in [-0.2, -0.15) is 0 Å². The molecule has 1 aromatic heterocycles. The van der Waals surface area contributed by atoms with Crippen LogP contribution < -0.4 is 5.32 Å². The molecule has 1 aliphatic rings. The number of ether oxygens (including phenoxy) is 1. The largest absolute Gasteiger partial charge is 0.381 e. The van der Waals surface area contributed by atoms with Crippen LogP contribution in [0.3, 0.4) is 0 Å². The number of halogens is 1. The predicted molar refractivity (Wildman–Crippen MR) is 110 cm³/mol. The normalized spacial score (nSPS) is 15.9. The maximum atomic E-state index is 12.9. The van der Waals surface area contributed by atoms with Gasteiger partial charge in [0.05, 0.1) is 10.5 Å². The van der Waals surface area contributed by atoms with Crippen LogP contribution in [-0.4, -0.2) is 35.6 Å². The van der Waals surface area contributed by atoms with Crippen molar-refractivity contribution in [2.75, 3.05) is 19.8 Å². The highest BCUT2D eigenvalue weighted by Gasteiger charge is 2.35. The van der Waals surface area contributed by atoms with Gasteiger partial charge >= 0.3 is 0 Å². The van der Waals surface area contributed by atoms with Crippen molar-refractivity contribution in [1.29, 1.82) is 0 Å². The zero-order chi connectivity index (χ0) is 20.4. The number of aromatic nitrogens is 1. The number of H-pyrrole nitrogens is 1. The minimum atomic E-state index is -0.467. The number of hydrogen-bond donors (Lipinski definition) is 2. The Balaban J connectivity index is 1.58. The first-order chi connectivity index (χ1) is 14.0. The number of non-ortho nitro benzene ring substituents is 1. The number of nitro groups is 1. The topological polar surface area (TPSA) is 97.3 Å². The summed E-state index contributed by atoms with van der Waals surface area (Å²) in [5.74, 6) is -0.267. The molecule has 0 unspecified atom stereocenters. The number of nitrogens with zero attached hydrogens (tertiary/aromatic N) is 1. The van der Waals surface area contributed by atoms with Crippen LogP contribution in [0, 0.1) is 10.1 Å². The third-order valence-corrected chi connectivity index (χ3v) is 5.87. The zero-order valence-corrected chi connectivity index (χ0v) is 16.4. The summed E-state index contributed by atoms with van der Waals surface area (Å²) in [6.07, 6.45) is 3.16. The van der Waals surface area contributed by atoms with E-state index >= 15 is 0 Å². The Labute approximate surface area is 172 Å². The highest BCUT2D eigenvalue weighted by Crippen LogP contribution is 2.35. The molecule has 1 amide bonds. The quantitative estimate of drug-likeness (QED) is 0.483. The zero-order valence-electron chi connectivity index (χ0n) is 15.6. The number of fused-ring (bicyclic) bond motifs is 1. The molecular weight excluding hydrogens is 394 g/mol. The SMILES string of the molecule is O=C(NCC1(c2ccc(Cl)cc2)CCOCC1)c1c[nH]c2ccc([N+](=O)[O-])cc12. The number of hydrogen-bond acceptors (Lipinski definition) is 4. The summed E-state index contributed by atoms with van der Waals surface area (Å²) in [4.78, 5) is 26.5. The molecule has 1 fully saturated rings. The molecule has 2 aromatic carbocycles. The van der Waals surface area contributed by atoms with E-state index in [2.05, 4.69) is 10.3 Å². The van der Waals surface area contributed by atoms with Crippen molar-refractivity contribution in [2.45, 2.75) is 18.3 Å². The molecule has 0 spiro atoms. The second-order valence-electron chi connectivity index (χ2n) is 7.27. The third-order valence-electron chi connectivity index (χ3n) is 5.61. The van der Waals surface area contributed by atoms with E-state index in [4.69, 9.17) is 16.3 Å². The first kappa shape index (κ1) is 19.4. The lowest BCUT2D eigenvalue weighted by atomic mass is 9.74. The van der Waals surface area contributed by atoms with Crippen molar-refractivity contribution in [3.05, 3.63) is 74.9 Å². The Hall–Kier alpha value is -2.90. The summed E-state index contributed by atoms with van der Waals surface area (Å²) in [6, 6.07) is 12.1. The van der Waals surface area contributed by atoms with Crippen molar-refractivity contribution in [2.24, 2.45) is 0 Å². The molecule has 1 aliphatic heterocycles. The van der Waals surface area contributed by atoms with Gasteiger partial charge in [0.15, 0.2) is 0 Å². The fraction of sp³-hybridized carbons (Fsp3) is 0.286. The molecule has 7 nitrogen and oxygen atoms in total. The molecule has 29 heavy (non-hydrogen) atoms. The second kappa shape index (κ2) is 7.85. The average Bonchev–Trinajstić information content (AvgIpc) is 3.16. The van der Waals surface area contributed by atoms with Crippen LogP contribution in [0.5, 0.6) is 0 Å². The molecule has 0 saturated carbocycles. The van der Waals surface area contributed by atoms with Crippen LogP contribution in [0.15, 0.2) is 48.7 Å². The molecule has 0 aliphatic carbocycles. The van der Waals surface area contributed by atoms with Crippen LogP contribution in [-0.2, 0) is 10.2 Å². The number of carbonyl (C=O) groups is 1. The maximum absolute atomic E-state index is 12.9. The second-order valence-corrected chi connectivity index (χ2v) is 7.71. The van der Waals surface area contributed by atoms with E-state index in [9.17, 15) is 14.9 Å². The molecule has 4 rings (SSSR count). The molecule has 2 N–H and O–H groups in total. The van der Waals surface area contributed by atoms with Gasteiger partial charge in [-0.3, -0.25) is 14.9 Å². The van der Waals surface area contributed by atoms with E-state index in [-0.39, 0.29) is 17.0 Å². The van der Waals surface area contributed by atoms with E-state index in [1.165, 1.54) is 12.1 Å². The summed E-state index contributed by atoms with van der Waals surface area (Å²) < 4.78 is 5.53. The number of benzene rings is 2. The number of amides is 1. The van der Waals surface area contributed by atoms with Crippen LogP contribution >= 0.6 is 11.6 Å². The van der Waals surface area contributed by atoms with Crippen LogP contribution in [0.4, 0.5) is 5.69 Å². The monoisotopic (exact) mass is 413 g/mol. The molecule has 150 valence electrons. The molecule has 1 saturated heterocycles. The Morgan fingerprint density at radius 3 is 2.62 bits per heavy atom. The summed E-state index contributed by atoms with van der Waals surface area (Å²) in [7, 11) is 0. The van der Waals surface area contributed by atoms with Crippen molar-refractivity contribution >= 4 is 34.1 Å². The lowest BCUT2D eigenvalue weighted by Crippen LogP contribution is -2.44. The Bertz CT molecular complexity index is 1060. The lowest BCUT2D eigenvalue weighted by Gasteiger charge is -2.38. The van der Waals surface area contributed by atoms with Crippen molar-refractivity contribution in [3.8, 4) is 0 Å². The predicted octanol–water partition coefficient (Wildman–Crippen LogP) is 4.21. The molecule has 3 aromatic rings. The Morgan fingerprint density at radius 2 is 1.93 bits per heavy atom. The van der Waals surface area contributed by atoms with Crippen LogP contribution in [0.2, 0.25) is 5.02 Å². The van der Waals surface area contributed by atoms with Gasteiger partial charge in [0.25, 0.3) is 11.6 Å². The maximum Gasteiger partial charge on any atom is 0.270 e. The van der Waals surface area contributed by atoms with Crippen LogP contribution in [0.1, 0.15) is 28.8 Å². The van der Waals surface area contributed by atoms with Gasteiger partial charge in [0.2, 0.25) is 0 Å². The Kier molecular flexibility index (Phi) is 5.25.